The topological polar surface area (TPSA) is 26.0 Å². The minimum absolute atomic E-state index is 0.811. The maximum absolute atomic E-state index is 5.44. The van der Waals surface area contributed by atoms with Crippen LogP contribution in [0.3, 0.4) is 0 Å². The molecule has 0 bridgehead atoms. The highest BCUT2D eigenvalue weighted by atomic mass is 32.2. The first-order chi connectivity index (χ1) is 3.89. The molecule has 0 aromatic heterocycles. The molecule has 0 spiro atoms. The summed E-state index contributed by atoms with van der Waals surface area (Å²) in [7, 11) is 0. The average Bonchev–Trinajstić information content (AvgIpc) is 1.94. The first-order valence-corrected chi connectivity index (χ1v) is 3.28. The van der Waals surface area contributed by atoms with Gasteiger partial charge in [-0.15, -0.1) is 11.8 Å². The molecule has 0 unspecified atom stereocenters. The van der Waals surface area contributed by atoms with Gasteiger partial charge in [0.25, 0.3) is 0 Å². The predicted octanol–water partition coefficient (Wildman–Crippen LogP) is 1.60. The molecule has 0 aliphatic carbocycles. The fourth-order valence-electron chi connectivity index (χ4n) is 0.415. The van der Waals surface area contributed by atoms with Crippen LogP contribution in [0.4, 0.5) is 0 Å². The summed E-state index contributed by atoms with van der Waals surface area (Å²) < 4.78 is 0. The van der Waals surface area contributed by atoms with E-state index in [4.69, 9.17) is 5.73 Å². The van der Waals surface area contributed by atoms with Gasteiger partial charge in [0.15, 0.2) is 0 Å². The molecule has 0 atom stereocenters. The van der Waals surface area contributed by atoms with E-state index >= 15 is 0 Å². The summed E-state index contributed by atoms with van der Waals surface area (Å²) in [6.45, 7) is 0. The molecule has 0 aromatic rings. The summed E-state index contributed by atoms with van der Waals surface area (Å²) in [6.07, 6.45) is 5.68. The van der Waals surface area contributed by atoms with Crippen molar-refractivity contribution in [2.24, 2.45) is 5.73 Å². The summed E-state index contributed by atoms with van der Waals surface area (Å²) in [5.41, 5.74) is 6.26. The van der Waals surface area contributed by atoms with Crippen molar-refractivity contribution in [3.8, 4) is 0 Å². The van der Waals surface area contributed by atoms with Crippen molar-refractivity contribution in [3.63, 3.8) is 0 Å². The number of hydrogen-bond donors (Lipinski definition) is 1. The van der Waals surface area contributed by atoms with Gasteiger partial charge in [-0.3, -0.25) is 0 Å². The molecule has 1 aliphatic heterocycles. The lowest BCUT2D eigenvalue weighted by Gasteiger charge is -1.82. The minimum Gasteiger partial charge on any atom is -0.399 e. The van der Waals surface area contributed by atoms with Gasteiger partial charge in [0.1, 0.15) is 0 Å². The lowest BCUT2D eigenvalue weighted by molar-refractivity contribution is 1.43. The molecule has 1 heterocycles. The number of thioether (sulfide) groups is 1. The Morgan fingerprint density at radius 1 is 1.38 bits per heavy atom. The fraction of sp³-hybridized carbons (Fsp3) is 0. The van der Waals surface area contributed by atoms with E-state index in [1.54, 1.807) is 11.8 Å². The van der Waals surface area contributed by atoms with E-state index in [0.717, 1.165) is 5.70 Å². The first kappa shape index (κ1) is 5.51. The van der Waals surface area contributed by atoms with Crippen LogP contribution in [0.1, 0.15) is 0 Å². The summed E-state index contributed by atoms with van der Waals surface area (Å²) in [5, 5.41) is 3.94. The molecule has 0 radical (unpaired) electrons. The smallest absolute Gasteiger partial charge is 0.0319 e. The van der Waals surface area contributed by atoms with Crippen molar-refractivity contribution in [1.82, 2.24) is 0 Å². The largest absolute Gasteiger partial charge is 0.399 e. The zero-order valence-electron chi connectivity index (χ0n) is 4.37. The van der Waals surface area contributed by atoms with Gasteiger partial charge in [0.05, 0.1) is 0 Å². The second-order valence-corrected chi connectivity index (χ2v) is 2.25. The Morgan fingerprint density at radius 2 is 2.25 bits per heavy atom. The van der Waals surface area contributed by atoms with Crippen molar-refractivity contribution in [2.45, 2.75) is 0 Å². The molecule has 0 saturated heterocycles. The monoisotopic (exact) mass is 125 g/mol. The Bertz CT molecular complexity index is 156. The standard InChI is InChI=1S/C6H7NS/c7-6-2-1-4-8-5-3-6/h1-5H,7H2. The average molecular weight is 125 g/mol. The van der Waals surface area contributed by atoms with E-state index in [1.807, 2.05) is 29.0 Å². The maximum Gasteiger partial charge on any atom is 0.0319 e. The van der Waals surface area contributed by atoms with Gasteiger partial charge in [0.2, 0.25) is 0 Å². The predicted molar refractivity (Wildman–Crippen MR) is 38.1 cm³/mol. The quantitative estimate of drug-likeness (QED) is 0.532. The Balaban J connectivity index is 2.73. The van der Waals surface area contributed by atoms with Gasteiger partial charge in [-0.1, -0.05) is 6.08 Å². The molecule has 2 N–H and O–H groups in total. The molecular weight excluding hydrogens is 118 g/mol. The summed E-state index contributed by atoms with van der Waals surface area (Å²) in [6, 6.07) is 0. The highest BCUT2D eigenvalue weighted by Crippen LogP contribution is 2.08. The Hall–Kier alpha value is -0.630. The number of nitrogens with two attached hydrogens (primary N) is 1. The molecule has 0 amide bonds. The van der Waals surface area contributed by atoms with E-state index in [9.17, 15) is 0 Å². The van der Waals surface area contributed by atoms with Crippen LogP contribution in [0.5, 0.6) is 0 Å². The van der Waals surface area contributed by atoms with E-state index in [-0.39, 0.29) is 0 Å². The maximum atomic E-state index is 5.44. The Kier molecular flexibility index (Phi) is 1.80. The van der Waals surface area contributed by atoms with Crippen molar-refractivity contribution in [3.05, 3.63) is 34.7 Å². The Labute approximate surface area is 53.0 Å². The van der Waals surface area contributed by atoms with Gasteiger partial charge in [0, 0.05) is 5.70 Å². The lowest BCUT2D eigenvalue weighted by Crippen LogP contribution is -1.89. The highest BCUT2D eigenvalue weighted by Gasteiger charge is 1.81. The summed E-state index contributed by atoms with van der Waals surface area (Å²) >= 11 is 1.63. The molecule has 0 aromatic carbocycles. The van der Waals surface area contributed by atoms with E-state index < -0.39 is 0 Å². The van der Waals surface area contributed by atoms with Crippen LogP contribution in [-0.2, 0) is 0 Å². The number of allylic oxidation sites excluding steroid dienone is 3. The SMILES string of the molecule is NC1=CC=CSC=C1. The summed E-state index contributed by atoms with van der Waals surface area (Å²) in [4.78, 5) is 0. The molecule has 0 saturated carbocycles. The summed E-state index contributed by atoms with van der Waals surface area (Å²) in [5.74, 6) is 0. The zero-order valence-corrected chi connectivity index (χ0v) is 5.19. The number of hydrogen-bond acceptors (Lipinski definition) is 2. The van der Waals surface area contributed by atoms with Crippen LogP contribution in [0.2, 0.25) is 0 Å². The molecule has 1 nitrogen and oxygen atoms in total. The van der Waals surface area contributed by atoms with Gasteiger partial charge >= 0.3 is 0 Å². The molecule has 8 heavy (non-hydrogen) atoms. The molecular formula is C6H7NS. The van der Waals surface area contributed by atoms with Gasteiger partial charge < -0.3 is 5.73 Å². The fourth-order valence-corrected chi connectivity index (χ4v) is 0.910. The van der Waals surface area contributed by atoms with E-state index in [0.29, 0.717) is 0 Å². The minimum atomic E-state index is 0.811. The van der Waals surface area contributed by atoms with Crippen LogP contribution in [-0.4, -0.2) is 0 Å². The second kappa shape index (κ2) is 2.62. The Morgan fingerprint density at radius 3 is 3.12 bits per heavy atom. The van der Waals surface area contributed by atoms with Crippen molar-refractivity contribution in [1.29, 1.82) is 0 Å². The molecule has 1 aliphatic rings. The zero-order chi connectivity index (χ0) is 5.82. The van der Waals surface area contributed by atoms with Gasteiger partial charge in [-0.05, 0) is 23.0 Å². The normalized spacial score (nSPS) is 17.8. The second-order valence-electron chi connectivity index (χ2n) is 1.43. The van der Waals surface area contributed by atoms with Gasteiger partial charge in [-0.25, -0.2) is 0 Å². The highest BCUT2D eigenvalue weighted by molar-refractivity contribution is 8.04. The third kappa shape index (κ3) is 1.46. The van der Waals surface area contributed by atoms with Gasteiger partial charge in [-0.2, -0.15) is 0 Å². The molecule has 0 fully saturated rings. The van der Waals surface area contributed by atoms with E-state index in [2.05, 4.69) is 0 Å². The lowest BCUT2D eigenvalue weighted by atomic mass is 10.4. The number of rotatable bonds is 0. The van der Waals surface area contributed by atoms with Crippen molar-refractivity contribution >= 4 is 11.8 Å². The van der Waals surface area contributed by atoms with Crippen molar-refractivity contribution < 1.29 is 0 Å². The molecule has 1 rings (SSSR count). The van der Waals surface area contributed by atoms with Crippen LogP contribution >= 0.6 is 11.8 Å². The molecule has 2 heteroatoms. The van der Waals surface area contributed by atoms with Crippen LogP contribution in [0.25, 0.3) is 0 Å². The molecule has 42 valence electrons. The third-order valence-electron chi connectivity index (χ3n) is 0.785. The van der Waals surface area contributed by atoms with Crippen molar-refractivity contribution in [2.75, 3.05) is 0 Å². The van der Waals surface area contributed by atoms with Crippen LogP contribution in [0.15, 0.2) is 34.7 Å². The van der Waals surface area contributed by atoms with Crippen LogP contribution in [0, 0.1) is 0 Å². The first-order valence-electron chi connectivity index (χ1n) is 2.34. The van der Waals surface area contributed by atoms with Crippen LogP contribution < -0.4 is 5.73 Å². The van der Waals surface area contributed by atoms with E-state index in [1.165, 1.54) is 0 Å². The third-order valence-corrected chi connectivity index (χ3v) is 1.39.